The first-order valence-electron chi connectivity index (χ1n) is 31.0. The monoisotopic (exact) mass is 1190 g/mol. The van der Waals surface area contributed by atoms with Gasteiger partial charge in [0.25, 0.3) is 0 Å². The van der Waals surface area contributed by atoms with E-state index in [9.17, 15) is 0 Å². The number of hydrogen-bond acceptors (Lipinski definition) is 0. The minimum absolute atomic E-state index is 0.918. The highest BCUT2D eigenvalue weighted by Gasteiger charge is 2.49. The Kier molecular flexibility index (Phi) is 36.8. The third kappa shape index (κ3) is 18.9. The molecule has 0 aromatic rings. The Balaban J connectivity index is 0. The Labute approximate surface area is 464 Å². The summed E-state index contributed by atoms with van der Waals surface area (Å²) in [6.45, 7) is 76.8. The molecule has 6 rings (SSSR count). The normalized spacial score (nSPS) is 49.3. The van der Waals surface area contributed by atoms with E-state index in [2.05, 4.69) is 259 Å². The van der Waals surface area contributed by atoms with Crippen LogP contribution in [-0.4, -0.2) is 0 Å². The van der Waals surface area contributed by atoms with E-state index in [0.717, 1.165) is 178 Å². The minimum Gasteiger partial charge on any atom is -0.0656 e. The van der Waals surface area contributed by atoms with Crippen LogP contribution in [0.25, 0.3) is 0 Å². The second-order valence-corrected chi connectivity index (χ2v) is 27.6. The van der Waals surface area contributed by atoms with E-state index in [1.807, 2.05) is 0 Å². The first-order chi connectivity index (χ1) is 31.9. The van der Waals surface area contributed by atoms with Crippen molar-refractivity contribution in [3.8, 4) is 0 Å². The maximum absolute atomic E-state index is 2.52. The molecule has 0 heterocycles. The summed E-state index contributed by atoms with van der Waals surface area (Å²) in [6, 6.07) is 0. The number of halogens is 2. The van der Waals surface area contributed by atoms with Crippen LogP contribution in [0, 0.1) is 178 Å². The largest absolute Gasteiger partial charge is 0.0656 e. The lowest BCUT2D eigenvalue weighted by molar-refractivity contribution is 0.193. The predicted molar refractivity (Wildman–Crippen MR) is 337 cm³/mol. The quantitative estimate of drug-likeness (QED) is 0.246. The lowest BCUT2D eigenvalue weighted by Gasteiger charge is -2.30. The van der Waals surface area contributed by atoms with Crippen molar-refractivity contribution >= 4 is 37.2 Å². The summed E-state index contributed by atoms with van der Waals surface area (Å²) in [7, 11) is 0. The van der Waals surface area contributed by atoms with Crippen LogP contribution in [-0.2, 0) is 0 Å². The van der Waals surface area contributed by atoms with E-state index in [0.29, 0.717) is 0 Å². The van der Waals surface area contributed by atoms with E-state index in [-0.39, 0.29) is 0 Å². The summed E-state index contributed by atoms with van der Waals surface area (Å²) in [5.41, 5.74) is 0. The van der Waals surface area contributed by atoms with E-state index in [1.54, 1.807) is 0 Å². The van der Waals surface area contributed by atoms with Crippen molar-refractivity contribution in [2.75, 3.05) is 0 Å². The van der Waals surface area contributed by atoms with Crippen LogP contribution in [0.5, 0.6) is 0 Å². The van der Waals surface area contributed by atoms with Crippen molar-refractivity contribution in [2.45, 2.75) is 254 Å². The van der Waals surface area contributed by atoms with Crippen LogP contribution in [0.3, 0.4) is 0 Å². The zero-order chi connectivity index (χ0) is 54.9. The first kappa shape index (κ1) is 72.5. The van der Waals surface area contributed by atoms with Gasteiger partial charge in [-0.1, -0.05) is 241 Å². The van der Waals surface area contributed by atoms with Crippen LogP contribution >= 0.6 is 37.2 Å². The minimum atomic E-state index is 0.918. The standard InChI is InChI=1S/2C19H36.2C10H20.3C3H8.I2/c2*1-10-11(2)15(6)18(14(10)5)9-19-16(7)12(3)13(4)17(19)8;2*1-6-7(2)9(4)10(5)8(6)3;3*1-3-2;1-2/h2*10-19H,9H2,1-8H3;2*6-10H,1-5H3;3*3H2,1-2H3;. The van der Waals surface area contributed by atoms with Crippen molar-refractivity contribution in [2.24, 2.45) is 178 Å². The van der Waals surface area contributed by atoms with E-state index < -0.39 is 0 Å². The van der Waals surface area contributed by atoms with Gasteiger partial charge in [0.2, 0.25) is 0 Å². The molecule has 6 aliphatic carbocycles. The lowest BCUT2D eigenvalue weighted by Crippen LogP contribution is -2.22. The summed E-state index contributed by atoms with van der Waals surface area (Å²) in [6.07, 6.45) is 6.74. The maximum Gasteiger partial charge on any atom is 0 e. The molecule has 6 saturated carbocycles. The molecule has 6 aliphatic rings. The van der Waals surface area contributed by atoms with E-state index >= 15 is 0 Å². The Morgan fingerprint density at radius 3 is 0.290 bits per heavy atom. The van der Waals surface area contributed by atoms with Crippen molar-refractivity contribution < 1.29 is 0 Å². The fourth-order valence-electron chi connectivity index (χ4n) is 16.0. The third-order valence-electron chi connectivity index (χ3n) is 24.7. The van der Waals surface area contributed by atoms with Gasteiger partial charge in [0.1, 0.15) is 0 Å². The van der Waals surface area contributed by atoms with Crippen LogP contribution in [0.1, 0.15) is 254 Å². The number of rotatable bonds is 4. The molecule has 0 amide bonds. The van der Waals surface area contributed by atoms with Gasteiger partial charge in [-0.3, -0.25) is 0 Å². The highest BCUT2D eigenvalue weighted by atomic mass is 128. The Morgan fingerprint density at radius 2 is 0.217 bits per heavy atom. The Morgan fingerprint density at radius 1 is 0.159 bits per heavy atom. The molecule has 0 aromatic heterocycles. The summed E-state index contributed by atoms with van der Waals surface area (Å²) in [5, 5.41) is 0. The maximum atomic E-state index is 2.52. The van der Waals surface area contributed by atoms with Crippen LogP contribution < -0.4 is 0 Å². The number of hydrogen-bond donors (Lipinski definition) is 0. The van der Waals surface area contributed by atoms with Gasteiger partial charge in [-0.25, -0.2) is 0 Å². The molecule has 0 bridgehead atoms. The van der Waals surface area contributed by atoms with Crippen molar-refractivity contribution in [1.82, 2.24) is 0 Å². The van der Waals surface area contributed by atoms with Crippen molar-refractivity contribution in [3.05, 3.63) is 0 Å². The zero-order valence-corrected chi connectivity index (χ0v) is 57.9. The molecule has 0 N–H and O–H groups in total. The highest BCUT2D eigenvalue weighted by Crippen LogP contribution is 2.56. The molecule has 0 radical (unpaired) electrons. The Bertz CT molecular complexity index is 959. The van der Waals surface area contributed by atoms with Crippen LogP contribution in [0.15, 0.2) is 0 Å². The van der Waals surface area contributed by atoms with Gasteiger partial charge in [-0.2, -0.15) is 0 Å². The van der Waals surface area contributed by atoms with Gasteiger partial charge in [0, 0.05) is 37.2 Å². The summed E-state index contributed by atoms with van der Waals surface area (Å²) in [4.78, 5) is 0. The van der Waals surface area contributed by atoms with Gasteiger partial charge in [0.05, 0.1) is 0 Å². The fourth-order valence-corrected chi connectivity index (χ4v) is 16.0. The summed E-state index contributed by atoms with van der Waals surface area (Å²) in [5.74, 6) is 28.0. The lowest BCUT2D eigenvalue weighted by atomic mass is 9.76. The molecule has 0 saturated heterocycles. The molecular weight excluding hydrogens is 1060 g/mol. The topological polar surface area (TPSA) is 0 Å². The summed E-state index contributed by atoms with van der Waals surface area (Å²) >= 11 is 4.24. The van der Waals surface area contributed by atoms with Gasteiger partial charge >= 0.3 is 0 Å². The van der Waals surface area contributed by atoms with Crippen molar-refractivity contribution in [1.29, 1.82) is 0 Å². The molecule has 2 heteroatoms. The Hall–Kier alpha value is 1.46. The molecule has 0 aromatic carbocycles. The molecule has 16 atom stereocenters. The molecule has 16 unspecified atom stereocenters. The molecule has 0 spiro atoms. The molecule has 0 aliphatic heterocycles. The highest BCUT2D eigenvalue weighted by molar-refractivity contribution is 15.0. The average molecular weight is 1200 g/mol. The van der Waals surface area contributed by atoms with Crippen LogP contribution in [0.2, 0.25) is 0 Å². The second-order valence-electron chi connectivity index (χ2n) is 27.6. The van der Waals surface area contributed by atoms with E-state index in [1.165, 1.54) is 32.1 Å². The molecular formula is C67H136I2. The van der Waals surface area contributed by atoms with Gasteiger partial charge in [-0.15, -0.1) is 0 Å². The second kappa shape index (κ2) is 35.0. The van der Waals surface area contributed by atoms with E-state index in [4.69, 9.17) is 0 Å². The predicted octanol–water partition coefficient (Wildman–Crippen LogP) is 23.8. The first-order valence-corrected chi connectivity index (χ1v) is 37.3. The van der Waals surface area contributed by atoms with Crippen molar-refractivity contribution in [3.63, 3.8) is 0 Å². The summed E-state index contributed by atoms with van der Waals surface area (Å²) < 4.78 is 0. The van der Waals surface area contributed by atoms with Gasteiger partial charge < -0.3 is 0 Å². The molecule has 0 nitrogen and oxygen atoms in total. The molecule has 69 heavy (non-hydrogen) atoms. The van der Waals surface area contributed by atoms with Crippen LogP contribution in [0.4, 0.5) is 0 Å². The smallest absolute Gasteiger partial charge is 0 e. The van der Waals surface area contributed by atoms with Gasteiger partial charge in [0.15, 0.2) is 0 Å². The average Bonchev–Trinajstić information content (AvgIpc) is 3.90. The molecule has 6 fully saturated rings. The zero-order valence-electron chi connectivity index (χ0n) is 53.6. The fraction of sp³-hybridized carbons (Fsp3) is 1.00. The SMILES string of the molecule is CC1C(C)C(C)C(C)C1C.CC1C(C)C(C)C(C)C1C.CC1C(C)C(C)C(CC2C(C)C(C)C(C)C2C)C1C.CC1C(C)C(C)C(CC2C(C)C(C)C(C)C2C)C1C.CCC.CCC.CCC.II. The third-order valence-corrected chi connectivity index (χ3v) is 24.7. The van der Waals surface area contributed by atoms with Gasteiger partial charge in [-0.05, 0) is 190 Å². The molecule has 418 valence electrons.